The van der Waals surface area contributed by atoms with Crippen molar-refractivity contribution in [2.24, 2.45) is 0 Å². The van der Waals surface area contributed by atoms with E-state index >= 15 is 0 Å². The molecule has 0 amide bonds. The highest BCUT2D eigenvalue weighted by Gasteiger charge is 2.19. The lowest BCUT2D eigenvalue weighted by Crippen LogP contribution is -2.47. The van der Waals surface area contributed by atoms with Crippen molar-refractivity contribution in [3.63, 3.8) is 0 Å². The molecule has 0 aliphatic carbocycles. The minimum Gasteiger partial charge on any atom is -0.338 e. The molecule has 0 atom stereocenters. The molecule has 3 heterocycles. The third-order valence-electron chi connectivity index (χ3n) is 3.96. The number of aromatic nitrogens is 2. The molecular formula is C15H20ClN5O2S2. The van der Waals surface area contributed by atoms with Crippen molar-refractivity contribution in [1.29, 1.82) is 0 Å². The molecule has 1 aliphatic heterocycles. The van der Waals surface area contributed by atoms with E-state index in [9.17, 15) is 8.42 Å². The van der Waals surface area contributed by atoms with E-state index in [1.54, 1.807) is 18.5 Å². The van der Waals surface area contributed by atoms with E-state index in [1.165, 1.54) is 6.07 Å². The Morgan fingerprint density at radius 3 is 2.52 bits per heavy atom. The van der Waals surface area contributed by atoms with Crippen LogP contribution in [-0.4, -0.2) is 62.6 Å². The molecule has 0 aromatic carbocycles. The number of thiophene rings is 1. The molecule has 10 heteroatoms. The van der Waals surface area contributed by atoms with Gasteiger partial charge in [-0.1, -0.05) is 11.6 Å². The number of rotatable bonds is 7. The Morgan fingerprint density at radius 2 is 1.88 bits per heavy atom. The number of halogens is 1. The van der Waals surface area contributed by atoms with Gasteiger partial charge in [-0.05, 0) is 31.2 Å². The van der Waals surface area contributed by atoms with Crippen LogP contribution in [0.25, 0.3) is 0 Å². The van der Waals surface area contributed by atoms with E-state index in [1.807, 2.05) is 6.07 Å². The predicted octanol–water partition coefficient (Wildman–Crippen LogP) is 1.68. The van der Waals surface area contributed by atoms with E-state index in [2.05, 4.69) is 24.5 Å². The van der Waals surface area contributed by atoms with Crippen LogP contribution in [0.15, 0.2) is 34.8 Å². The minimum atomic E-state index is -3.45. The fourth-order valence-electron chi connectivity index (χ4n) is 2.65. The summed E-state index contributed by atoms with van der Waals surface area (Å²) in [6.45, 7) is 4.88. The van der Waals surface area contributed by atoms with Crippen LogP contribution >= 0.6 is 22.9 Å². The highest BCUT2D eigenvalue weighted by atomic mass is 35.5. The topological polar surface area (TPSA) is 78.4 Å². The zero-order valence-electron chi connectivity index (χ0n) is 13.6. The van der Waals surface area contributed by atoms with Gasteiger partial charge in [0.2, 0.25) is 16.0 Å². The summed E-state index contributed by atoms with van der Waals surface area (Å²) in [6.07, 6.45) is 4.27. The first-order valence-electron chi connectivity index (χ1n) is 8.04. The molecule has 1 N–H and O–H groups in total. The lowest BCUT2D eigenvalue weighted by molar-refractivity contribution is 0.254. The molecule has 2 aromatic rings. The second-order valence-electron chi connectivity index (χ2n) is 5.69. The standard InChI is InChI=1S/C15H20ClN5O2S2/c16-13-3-4-14(24-13)25(22,23)19-7-2-8-20-9-11-21(12-10-20)15-17-5-1-6-18-15/h1,3-6,19H,2,7-12H2. The Hall–Kier alpha value is -1.26. The number of nitrogens with zero attached hydrogens (tertiary/aromatic N) is 4. The third-order valence-corrected chi connectivity index (χ3v) is 7.15. The van der Waals surface area contributed by atoms with Gasteiger partial charge in [0.05, 0.1) is 4.34 Å². The lowest BCUT2D eigenvalue weighted by atomic mass is 10.3. The van der Waals surface area contributed by atoms with Gasteiger partial charge in [0.25, 0.3) is 0 Å². The van der Waals surface area contributed by atoms with E-state index in [0.29, 0.717) is 10.9 Å². The summed E-state index contributed by atoms with van der Waals surface area (Å²) in [5, 5.41) is 0. The molecule has 0 radical (unpaired) electrons. The van der Waals surface area contributed by atoms with Gasteiger partial charge in [-0.25, -0.2) is 23.1 Å². The van der Waals surface area contributed by atoms with Crippen LogP contribution in [0, 0.1) is 0 Å². The van der Waals surface area contributed by atoms with E-state index in [4.69, 9.17) is 11.6 Å². The normalized spacial score (nSPS) is 16.3. The molecule has 7 nitrogen and oxygen atoms in total. The molecule has 25 heavy (non-hydrogen) atoms. The van der Waals surface area contributed by atoms with Crippen molar-refractivity contribution in [2.75, 3.05) is 44.2 Å². The van der Waals surface area contributed by atoms with Crippen LogP contribution < -0.4 is 9.62 Å². The van der Waals surface area contributed by atoms with Gasteiger partial charge in [0, 0.05) is 45.1 Å². The van der Waals surface area contributed by atoms with Crippen molar-refractivity contribution < 1.29 is 8.42 Å². The second-order valence-corrected chi connectivity index (χ2v) is 9.40. The molecular weight excluding hydrogens is 382 g/mol. The zero-order valence-corrected chi connectivity index (χ0v) is 16.0. The average molecular weight is 402 g/mol. The first-order chi connectivity index (χ1) is 12.0. The quantitative estimate of drug-likeness (QED) is 0.711. The average Bonchev–Trinajstić information content (AvgIpc) is 3.07. The van der Waals surface area contributed by atoms with Crippen molar-refractivity contribution in [1.82, 2.24) is 19.6 Å². The molecule has 3 rings (SSSR count). The Balaban J connectivity index is 1.38. The summed E-state index contributed by atoms with van der Waals surface area (Å²) >= 11 is 6.86. The van der Waals surface area contributed by atoms with Crippen molar-refractivity contribution >= 4 is 38.9 Å². The first-order valence-corrected chi connectivity index (χ1v) is 10.7. The minimum absolute atomic E-state index is 0.258. The maximum absolute atomic E-state index is 12.1. The van der Waals surface area contributed by atoms with Gasteiger partial charge >= 0.3 is 0 Å². The Labute approximate surface area is 156 Å². The number of nitrogens with one attached hydrogen (secondary N) is 1. The summed E-state index contributed by atoms with van der Waals surface area (Å²) in [7, 11) is -3.45. The van der Waals surface area contributed by atoms with Crippen LogP contribution in [0.5, 0.6) is 0 Å². The smallest absolute Gasteiger partial charge is 0.250 e. The number of piperazine rings is 1. The molecule has 136 valence electrons. The monoisotopic (exact) mass is 401 g/mol. The second kappa shape index (κ2) is 8.41. The predicted molar refractivity (Wildman–Crippen MR) is 99.8 cm³/mol. The molecule has 0 spiro atoms. The fourth-order valence-corrected chi connectivity index (χ4v) is 5.25. The van der Waals surface area contributed by atoms with Crippen LogP contribution in [0.3, 0.4) is 0 Å². The Bertz CT molecular complexity index is 776. The van der Waals surface area contributed by atoms with Crippen molar-refractivity contribution in [3.8, 4) is 0 Å². The van der Waals surface area contributed by atoms with Gasteiger partial charge < -0.3 is 4.90 Å². The largest absolute Gasteiger partial charge is 0.338 e. The molecule has 1 aliphatic rings. The maximum Gasteiger partial charge on any atom is 0.250 e. The summed E-state index contributed by atoms with van der Waals surface area (Å²) in [6, 6.07) is 4.93. The van der Waals surface area contributed by atoms with Gasteiger partial charge in [0.15, 0.2) is 0 Å². The molecule has 0 saturated carbocycles. The number of sulfonamides is 1. The summed E-state index contributed by atoms with van der Waals surface area (Å²) in [5.74, 6) is 0.768. The molecule has 0 unspecified atom stereocenters. The van der Waals surface area contributed by atoms with E-state index in [-0.39, 0.29) is 4.21 Å². The van der Waals surface area contributed by atoms with Crippen LogP contribution in [-0.2, 0) is 10.0 Å². The van der Waals surface area contributed by atoms with Crippen LogP contribution in [0.4, 0.5) is 5.95 Å². The maximum atomic E-state index is 12.1. The summed E-state index contributed by atoms with van der Waals surface area (Å²) in [4.78, 5) is 13.0. The Kier molecular flexibility index (Phi) is 6.24. The van der Waals surface area contributed by atoms with E-state index in [0.717, 1.165) is 56.4 Å². The fraction of sp³-hybridized carbons (Fsp3) is 0.467. The van der Waals surface area contributed by atoms with Gasteiger partial charge in [-0.3, -0.25) is 4.90 Å². The number of hydrogen-bond donors (Lipinski definition) is 1. The van der Waals surface area contributed by atoms with Crippen LogP contribution in [0.2, 0.25) is 4.34 Å². The molecule has 1 saturated heterocycles. The summed E-state index contributed by atoms with van der Waals surface area (Å²) in [5.41, 5.74) is 0. The van der Waals surface area contributed by atoms with Gasteiger partial charge in [0.1, 0.15) is 4.21 Å². The summed E-state index contributed by atoms with van der Waals surface area (Å²) < 4.78 is 27.6. The van der Waals surface area contributed by atoms with Gasteiger partial charge in [-0.15, -0.1) is 11.3 Å². The number of hydrogen-bond acceptors (Lipinski definition) is 7. The lowest BCUT2D eigenvalue weighted by Gasteiger charge is -2.34. The van der Waals surface area contributed by atoms with E-state index < -0.39 is 10.0 Å². The van der Waals surface area contributed by atoms with Crippen molar-refractivity contribution in [2.45, 2.75) is 10.6 Å². The van der Waals surface area contributed by atoms with Crippen LogP contribution in [0.1, 0.15) is 6.42 Å². The highest BCUT2D eigenvalue weighted by molar-refractivity contribution is 7.91. The first kappa shape index (κ1) is 18.5. The number of anilines is 1. The Morgan fingerprint density at radius 1 is 1.16 bits per heavy atom. The molecule has 2 aromatic heterocycles. The third kappa shape index (κ3) is 5.11. The highest BCUT2D eigenvalue weighted by Crippen LogP contribution is 2.25. The molecule has 0 bridgehead atoms. The molecule has 1 fully saturated rings. The van der Waals surface area contributed by atoms with Gasteiger partial charge in [-0.2, -0.15) is 0 Å². The van der Waals surface area contributed by atoms with Crippen molar-refractivity contribution in [3.05, 3.63) is 34.9 Å². The zero-order chi connectivity index (χ0) is 17.7. The SMILES string of the molecule is O=S(=O)(NCCCN1CCN(c2ncccn2)CC1)c1ccc(Cl)s1.